The maximum absolute atomic E-state index is 12.6. The Kier molecular flexibility index (Phi) is 7.32. The zero-order chi connectivity index (χ0) is 17.9. The molecule has 0 saturated carbocycles. The van der Waals surface area contributed by atoms with Crippen molar-refractivity contribution in [2.24, 2.45) is 0 Å². The van der Waals surface area contributed by atoms with Crippen molar-refractivity contribution in [3.63, 3.8) is 0 Å². The summed E-state index contributed by atoms with van der Waals surface area (Å²) in [6, 6.07) is 6.96. The van der Waals surface area contributed by atoms with E-state index in [4.69, 9.17) is 0 Å². The highest BCUT2D eigenvalue weighted by Crippen LogP contribution is 2.23. The molecule has 4 nitrogen and oxygen atoms in total. The predicted octanol–water partition coefficient (Wildman–Crippen LogP) is 2.72. The highest BCUT2D eigenvalue weighted by atomic mass is 35.5. The van der Waals surface area contributed by atoms with Crippen LogP contribution in [0.4, 0.5) is 13.2 Å². The maximum atomic E-state index is 12.6. The molecule has 2 aliphatic heterocycles. The number of piperazine rings is 1. The van der Waals surface area contributed by atoms with Gasteiger partial charge in [-0.15, -0.1) is 12.4 Å². The van der Waals surface area contributed by atoms with Crippen molar-refractivity contribution in [1.82, 2.24) is 15.1 Å². The fraction of sp³-hybridized carbons (Fsp3) is 0.611. The van der Waals surface area contributed by atoms with Crippen LogP contribution in [-0.2, 0) is 6.42 Å². The monoisotopic (exact) mass is 391 g/mol. The number of carbonyl (C=O) groups is 1. The van der Waals surface area contributed by atoms with Gasteiger partial charge in [0.2, 0.25) is 0 Å². The van der Waals surface area contributed by atoms with Gasteiger partial charge in [-0.05, 0) is 30.5 Å². The molecular formula is C18H25ClF3N3O. The Bertz CT molecular complexity index is 588. The molecule has 1 N–H and O–H groups in total. The number of benzene rings is 1. The third kappa shape index (κ3) is 5.59. The van der Waals surface area contributed by atoms with Gasteiger partial charge in [0.25, 0.3) is 5.91 Å². The summed E-state index contributed by atoms with van der Waals surface area (Å²) in [5.41, 5.74) is 1.16. The lowest BCUT2D eigenvalue weighted by Gasteiger charge is -2.32. The first-order valence-corrected chi connectivity index (χ1v) is 8.82. The zero-order valence-corrected chi connectivity index (χ0v) is 15.4. The lowest BCUT2D eigenvalue weighted by atomic mass is 10.1. The molecular weight excluding hydrogens is 367 g/mol. The van der Waals surface area contributed by atoms with E-state index in [2.05, 4.69) is 10.2 Å². The molecule has 3 rings (SSSR count). The van der Waals surface area contributed by atoms with Gasteiger partial charge in [-0.1, -0.05) is 12.1 Å². The zero-order valence-electron chi connectivity index (χ0n) is 14.6. The highest BCUT2D eigenvalue weighted by molar-refractivity contribution is 5.94. The van der Waals surface area contributed by atoms with E-state index in [1.54, 1.807) is 24.3 Å². The molecule has 8 heteroatoms. The third-order valence-corrected chi connectivity index (χ3v) is 5.02. The van der Waals surface area contributed by atoms with Gasteiger partial charge in [-0.25, -0.2) is 0 Å². The van der Waals surface area contributed by atoms with Crippen LogP contribution >= 0.6 is 12.4 Å². The van der Waals surface area contributed by atoms with Crippen LogP contribution in [0, 0.1) is 0 Å². The Morgan fingerprint density at radius 2 is 1.77 bits per heavy atom. The van der Waals surface area contributed by atoms with Gasteiger partial charge in [-0.3, -0.25) is 9.69 Å². The van der Waals surface area contributed by atoms with Gasteiger partial charge in [-0.2, -0.15) is 13.2 Å². The smallest absolute Gasteiger partial charge is 0.337 e. The van der Waals surface area contributed by atoms with Crippen molar-refractivity contribution < 1.29 is 18.0 Å². The van der Waals surface area contributed by atoms with E-state index in [0.29, 0.717) is 17.2 Å². The molecule has 1 unspecified atom stereocenters. The van der Waals surface area contributed by atoms with Crippen LogP contribution in [0.15, 0.2) is 24.3 Å². The van der Waals surface area contributed by atoms with Gasteiger partial charge in [0.05, 0.1) is 0 Å². The van der Waals surface area contributed by atoms with Gasteiger partial charge < -0.3 is 10.2 Å². The molecule has 2 fully saturated rings. The molecule has 0 bridgehead atoms. The first-order chi connectivity index (χ1) is 11.9. The Balaban J connectivity index is 0.00000243. The molecule has 2 aliphatic rings. The lowest BCUT2D eigenvalue weighted by Crippen LogP contribution is -2.49. The minimum absolute atomic E-state index is 0. The second-order valence-corrected chi connectivity index (χ2v) is 6.79. The largest absolute Gasteiger partial charge is 0.389 e. The Morgan fingerprint density at radius 1 is 1.12 bits per heavy atom. The second kappa shape index (κ2) is 9.06. The number of rotatable bonds is 4. The Hall–Kier alpha value is -1.31. The van der Waals surface area contributed by atoms with Crippen molar-refractivity contribution in [2.75, 3.05) is 39.3 Å². The SMILES string of the molecule is Cl.O=C(c1ccc(CCC(F)(F)F)cc1)N1CCC(N2CCNCC2)C1. The summed E-state index contributed by atoms with van der Waals surface area (Å²) in [6.45, 7) is 5.48. The molecule has 2 saturated heterocycles. The van der Waals surface area contributed by atoms with E-state index in [9.17, 15) is 18.0 Å². The number of hydrogen-bond acceptors (Lipinski definition) is 3. The first-order valence-electron chi connectivity index (χ1n) is 8.82. The normalized spacial score (nSPS) is 21.5. The number of amides is 1. The van der Waals surface area contributed by atoms with Gasteiger partial charge in [0.15, 0.2) is 0 Å². The first kappa shape index (κ1) is 21.0. The van der Waals surface area contributed by atoms with Crippen LogP contribution in [0.5, 0.6) is 0 Å². The summed E-state index contributed by atoms with van der Waals surface area (Å²) in [5, 5.41) is 3.33. The number of carbonyl (C=O) groups excluding carboxylic acids is 1. The molecule has 1 aromatic rings. The standard InChI is InChI=1S/C18H24F3N3O.ClH/c19-18(20,21)7-5-14-1-3-15(4-2-14)17(25)24-10-6-16(13-24)23-11-8-22-9-12-23;/h1-4,16,22H,5-13H2;1H. The molecule has 1 amide bonds. The Morgan fingerprint density at radius 3 is 2.38 bits per heavy atom. The van der Waals surface area contributed by atoms with Gasteiger partial charge in [0.1, 0.15) is 0 Å². The van der Waals surface area contributed by atoms with Crippen molar-refractivity contribution >= 4 is 18.3 Å². The number of alkyl halides is 3. The van der Waals surface area contributed by atoms with Crippen LogP contribution in [0.3, 0.4) is 0 Å². The second-order valence-electron chi connectivity index (χ2n) is 6.79. The minimum Gasteiger partial charge on any atom is -0.337 e. The van der Waals surface area contributed by atoms with Crippen molar-refractivity contribution in [1.29, 1.82) is 0 Å². The number of hydrogen-bond donors (Lipinski definition) is 1. The fourth-order valence-electron chi connectivity index (χ4n) is 3.55. The molecule has 1 aromatic carbocycles. The van der Waals surface area contributed by atoms with Crippen LogP contribution < -0.4 is 5.32 Å². The molecule has 0 radical (unpaired) electrons. The lowest BCUT2D eigenvalue weighted by molar-refractivity contribution is -0.134. The number of nitrogens with zero attached hydrogens (tertiary/aromatic N) is 2. The number of nitrogens with one attached hydrogen (secondary N) is 1. The van der Waals surface area contributed by atoms with E-state index >= 15 is 0 Å². The topological polar surface area (TPSA) is 35.6 Å². The number of halogens is 4. The summed E-state index contributed by atoms with van der Waals surface area (Å²) in [4.78, 5) is 16.9. The summed E-state index contributed by atoms with van der Waals surface area (Å²) in [6.07, 6.45) is -4.05. The van der Waals surface area contributed by atoms with Crippen molar-refractivity contribution in [3.05, 3.63) is 35.4 Å². The molecule has 146 valence electrons. The highest BCUT2D eigenvalue weighted by Gasteiger charge is 2.31. The van der Waals surface area contributed by atoms with Gasteiger partial charge >= 0.3 is 6.18 Å². The Labute approximate surface area is 158 Å². The average Bonchev–Trinajstić information content (AvgIpc) is 3.10. The van der Waals surface area contributed by atoms with Crippen LogP contribution in [0.1, 0.15) is 28.8 Å². The summed E-state index contributed by atoms with van der Waals surface area (Å²) >= 11 is 0. The molecule has 1 atom stereocenters. The summed E-state index contributed by atoms with van der Waals surface area (Å²) < 4.78 is 36.8. The third-order valence-electron chi connectivity index (χ3n) is 5.02. The van der Waals surface area contributed by atoms with Gasteiger partial charge in [0, 0.05) is 57.3 Å². The average molecular weight is 392 g/mol. The maximum Gasteiger partial charge on any atom is 0.389 e. The fourth-order valence-corrected chi connectivity index (χ4v) is 3.55. The quantitative estimate of drug-likeness (QED) is 0.857. The molecule has 26 heavy (non-hydrogen) atoms. The van der Waals surface area contributed by atoms with Crippen LogP contribution in [0.25, 0.3) is 0 Å². The summed E-state index contributed by atoms with van der Waals surface area (Å²) in [5.74, 6) is -0.0278. The van der Waals surface area contributed by atoms with E-state index in [-0.39, 0.29) is 24.7 Å². The molecule has 0 aromatic heterocycles. The molecule has 2 heterocycles. The van der Waals surface area contributed by atoms with Crippen LogP contribution in [0.2, 0.25) is 0 Å². The molecule has 0 spiro atoms. The van der Waals surface area contributed by atoms with E-state index < -0.39 is 12.6 Å². The number of aryl methyl sites for hydroxylation is 1. The predicted molar refractivity (Wildman–Crippen MR) is 96.8 cm³/mol. The number of likely N-dealkylation sites (tertiary alicyclic amines) is 1. The van der Waals surface area contributed by atoms with E-state index in [0.717, 1.165) is 45.7 Å². The van der Waals surface area contributed by atoms with Crippen LogP contribution in [-0.4, -0.2) is 67.2 Å². The van der Waals surface area contributed by atoms with Crippen molar-refractivity contribution in [2.45, 2.75) is 31.5 Å². The van der Waals surface area contributed by atoms with E-state index in [1.807, 2.05) is 4.90 Å². The van der Waals surface area contributed by atoms with E-state index in [1.165, 1.54) is 0 Å². The summed E-state index contributed by atoms with van der Waals surface area (Å²) in [7, 11) is 0. The minimum atomic E-state index is -4.15. The molecule has 0 aliphatic carbocycles. The van der Waals surface area contributed by atoms with Crippen molar-refractivity contribution in [3.8, 4) is 0 Å².